The second kappa shape index (κ2) is 7.62. The Bertz CT molecular complexity index is 906. The molecule has 5 heteroatoms. The van der Waals surface area contributed by atoms with Gasteiger partial charge in [0.05, 0.1) is 23.4 Å². The van der Waals surface area contributed by atoms with Gasteiger partial charge in [0.1, 0.15) is 0 Å². The summed E-state index contributed by atoms with van der Waals surface area (Å²) in [6.45, 7) is 2.19. The van der Waals surface area contributed by atoms with Crippen LogP contribution in [0.15, 0.2) is 54.9 Å². The molecule has 0 spiro atoms. The Morgan fingerprint density at radius 1 is 1.19 bits per heavy atom. The highest BCUT2D eigenvalue weighted by atomic mass is 16.5. The van der Waals surface area contributed by atoms with Crippen LogP contribution in [0.5, 0.6) is 0 Å². The van der Waals surface area contributed by atoms with Crippen LogP contribution in [0, 0.1) is 5.92 Å². The molecule has 5 nitrogen and oxygen atoms in total. The SMILES string of the molecule is O=C(NC[C@H]1CCCOC1)c1cc(-c2ccncc2)nc2ccccc12. The third-order valence-corrected chi connectivity index (χ3v) is 4.74. The van der Waals surface area contributed by atoms with Crippen molar-refractivity contribution in [2.75, 3.05) is 19.8 Å². The van der Waals surface area contributed by atoms with E-state index in [0.717, 1.165) is 48.2 Å². The molecular weight excluding hydrogens is 326 g/mol. The third kappa shape index (κ3) is 3.58. The number of pyridine rings is 2. The van der Waals surface area contributed by atoms with Gasteiger partial charge in [0.2, 0.25) is 0 Å². The van der Waals surface area contributed by atoms with E-state index in [9.17, 15) is 4.79 Å². The molecule has 1 amide bonds. The summed E-state index contributed by atoms with van der Waals surface area (Å²) >= 11 is 0. The molecule has 0 bridgehead atoms. The van der Waals surface area contributed by atoms with Gasteiger partial charge in [0, 0.05) is 36.5 Å². The van der Waals surface area contributed by atoms with E-state index in [2.05, 4.69) is 10.3 Å². The van der Waals surface area contributed by atoms with Gasteiger partial charge < -0.3 is 10.1 Å². The normalized spacial score (nSPS) is 17.2. The molecule has 0 radical (unpaired) electrons. The lowest BCUT2D eigenvalue weighted by Gasteiger charge is -2.22. The zero-order chi connectivity index (χ0) is 17.8. The minimum Gasteiger partial charge on any atom is -0.381 e. The van der Waals surface area contributed by atoms with Gasteiger partial charge in [-0.25, -0.2) is 4.98 Å². The number of nitrogens with zero attached hydrogens (tertiary/aromatic N) is 2. The van der Waals surface area contributed by atoms with Crippen molar-refractivity contribution in [2.45, 2.75) is 12.8 Å². The quantitative estimate of drug-likeness (QED) is 0.785. The summed E-state index contributed by atoms with van der Waals surface area (Å²) in [5.74, 6) is 0.324. The van der Waals surface area contributed by atoms with Gasteiger partial charge in [0.25, 0.3) is 5.91 Å². The summed E-state index contributed by atoms with van der Waals surface area (Å²) in [7, 11) is 0. The minimum atomic E-state index is -0.0653. The first-order valence-corrected chi connectivity index (χ1v) is 8.97. The number of benzene rings is 1. The first kappa shape index (κ1) is 16.7. The van der Waals surface area contributed by atoms with Crippen LogP contribution in [-0.2, 0) is 4.74 Å². The molecule has 0 aliphatic carbocycles. The number of ether oxygens (including phenoxy) is 1. The van der Waals surface area contributed by atoms with E-state index in [1.165, 1.54) is 0 Å². The zero-order valence-electron chi connectivity index (χ0n) is 14.5. The largest absolute Gasteiger partial charge is 0.381 e. The van der Waals surface area contributed by atoms with E-state index in [0.29, 0.717) is 18.0 Å². The monoisotopic (exact) mass is 347 g/mol. The number of para-hydroxylation sites is 1. The van der Waals surface area contributed by atoms with Crippen molar-refractivity contribution < 1.29 is 9.53 Å². The molecule has 0 unspecified atom stereocenters. The van der Waals surface area contributed by atoms with E-state index < -0.39 is 0 Å². The molecule has 26 heavy (non-hydrogen) atoms. The average molecular weight is 347 g/mol. The zero-order valence-corrected chi connectivity index (χ0v) is 14.5. The third-order valence-electron chi connectivity index (χ3n) is 4.74. The van der Waals surface area contributed by atoms with Crippen molar-refractivity contribution in [1.82, 2.24) is 15.3 Å². The van der Waals surface area contributed by atoms with E-state index in [4.69, 9.17) is 9.72 Å². The molecule has 1 fully saturated rings. The number of fused-ring (bicyclic) bond motifs is 1. The second-order valence-electron chi connectivity index (χ2n) is 6.60. The molecule has 0 saturated carbocycles. The molecule has 1 aromatic carbocycles. The summed E-state index contributed by atoms with van der Waals surface area (Å²) in [5.41, 5.74) is 3.19. The second-order valence-corrected chi connectivity index (χ2v) is 6.60. The highest BCUT2D eigenvalue weighted by Crippen LogP contribution is 2.24. The predicted octanol–water partition coefficient (Wildman–Crippen LogP) is 3.45. The van der Waals surface area contributed by atoms with E-state index in [1.54, 1.807) is 12.4 Å². The minimum absolute atomic E-state index is 0.0653. The number of rotatable bonds is 4. The highest BCUT2D eigenvalue weighted by molar-refractivity contribution is 6.07. The lowest BCUT2D eigenvalue weighted by atomic mass is 10.0. The molecule has 1 N–H and O–H groups in total. The molecule has 1 aliphatic heterocycles. The van der Waals surface area contributed by atoms with Crippen LogP contribution in [0.2, 0.25) is 0 Å². The summed E-state index contributed by atoms with van der Waals surface area (Å²) in [4.78, 5) is 21.7. The van der Waals surface area contributed by atoms with Gasteiger partial charge in [-0.3, -0.25) is 9.78 Å². The topological polar surface area (TPSA) is 64.1 Å². The Balaban J connectivity index is 1.65. The Kier molecular flexibility index (Phi) is 4.88. The van der Waals surface area contributed by atoms with Crippen molar-refractivity contribution >= 4 is 16.8 Å². The fourth-order valence-electron chi connectivity index (χ4n) is 3.33. The Labute approximate surface area is 152 Å². The van der Waals surface area contributed by atoms with Crippen molar-refractivity contribution in [1.29, 1.82) is 0 Å². The van der Waals surface area contributed by atoms with Gasteiger partial charge in [0.15, 0.2) is 0 Å². The number of carbonyl (C=O) groups is 1. The summed E-state index contributed by atoms with van der Waals surface area (Å²) < 4.78 is 5.50. The Morgan fingerprint density at radius 2 is 2.04 bits per heavy atom. The van der Waals surface area contributed by atoms with Crippen molar-refractivity contribution in [3.05, 3.63) is 60.4 Å². The van der Waals surface area contributed by atoms with Gasteiger partial charge in [-0.1, -0.05) is 18.2 Å². The lowest BCUT2D eigenvalue weighted by Crippen LogP contribution is -2.33. The Hall–Kier alpha value is -2.79. The molecule has 1 atom stereocenters. The standard InChI is InChI=1S/C21H21N3O2/c25-21(23-13-15-4-3-11-26-14-15)18-12-20(16-7-9-22-10-8-16)24-19-6-2-1-5-17(18)19/h1-2,5-10,12,15H,3-4,11,13-14H2,(H,23,25)/t15-/m1/s1. The van der Waals surface area contributed by atoms with Crippen molar-refractivity contribution in [3.8, 4) is 11.3 Å². The van der Waals surface area contributed by atoms with Crippen LogP contribution < -0.4 is 5.32 Å². The van der Waals surface area contributed by atoms with Gasteiger partial charge in [-0.2, -0.15) is 0 Å². The van der Waals surface area contributed by atoms with Gasteiger partial charge in [-0.05, 0) is 43.0 Å². The first-order valence-electron chi connectivity index (χ1n) is 8.97. The van der Waals surface area contributed by atoms with Crippen LogP contribution in [-0.4, -0.2) is 35.6 Å². The molecule has 3 heterocycles. The van der Waals surface area contributed by atoms with E-state index in [-0.39, 0.29) is 5.91 Å². The maximum atomic E-state index is 12.9. The highest BCUT2D eigenvalue weighted by Gasteiger charge is 2.17. The average Bonchev–Trinajstić information content (AvgIpc) is 2.72. The molecule has 1 aliphatic rings. The first-order chi connectivity index (χ1) is 12.8. The number of hydrogen-bond donors (Lipinski definition) is 1. The van der Waals surface area contributed by atoms with Crippen LogP contribution in [0.25, 0.3) is 22.2 Å². The molecule has 132 valence electrons. The molecular formula is C21H21N3O2. The van der Waals surface area contributed by atoms with Crippen molar-refractivity contribution in [2.24, 2.45) is 5.92 Å². The number of hydrogen-bond acceptors (Lipinski definition) is 4. The fraction of sp³-hybridized carbons (Fsp3) is 0.286. The number of aromatic nitrogens is 2. The molecule has 2 aromatic heterocycles. The maximum absolute atomic E-state index is 12.9. The number of nitrogens with one attached hydrogen (secondary N) is 1. The van der Waals surface area contributed by atoms with Crippen LogP contribution in [0.1, 0.15) is 23.2 Å². The predicted molar refractivity (Wildman–Crippen MR) is 101 cm³/mol. The maximum Gasteiger partial charge on any atom is 0.252 e. The van der Waals surface area contributed by atoms with E-state index in [1.807, 2.05) is 42.5 Å². The summed E-state index contributed by atoms with van der Waals surface area (Å²) in [6, 6.07) is 13.4. The molecule has 4 rings (SSSR count). The smallest absolute Gasteiger partial charge is 0.252 e. The van der Waals surface area contributed by atoms with Crippen LogP contribution >= 0.6 is 0 Å². The summed E-state index contributed by atoms with van der Waals surface area (Å²) in [6.07, 6.45) is 5.62. The number of carbonyl (C=O) groups excluding carboxylic acids is 1. The van der Waals surface area contributed by atoms with Crippen LogP contribution in [0.3, 0.4) is 0 Å². The fourth-order valence-corrected chi connectivity index (χ4v) is 3.33. The lowest BCUT2D eigenvalue weighted by molar-refractivity contribution is 0.0536. The van der Waals surface area contributed by atoms with Crippen LogP contribution in [0.4, 0.5) is 0 Å². The van der Waals surface area contributed by atoms with E-state index >= 15 is 0 Å². The Morgan fingerprint density at radius 3 is 2.85 bits per heavy atom. The summed E-state index contributed by atoms with van der Waals surface area (Å²) in [5, 5.41) is 3.94. The number of amides is 1. The van der Waals surface area contributed by atoms with Gasteiger partial charge in [-0.15, -0.1) is 0 Å². The van der Waals surface area contributed by atoms with Crippen molar-refractivity contribution in [3.63, 3.8) is 0 Å². The van der Waals surface area contributed by atoms with Gasteiger partial charge >= 0.3 is 0 Å². The molecule has 1 saturated heterocycles. The molecule has 3 aromatic rings.